The van der Waals surface area contributed by atoms with Crippen molar-refractivity contribution in [3.05, 3.63) is 52.0 Å². The van der Waals surface area contributed by atoms with E-state index in [9.17, 15) is 4.79 Å². The molecule has 0 aliphatic carbocycles. The van der Waals surface area contributed by atoms with Crippen LogP contribution in [0.25, 0.3) is 6.08 Å². The van der Waals surface area contributed by atoms with Gasteiger partial charge in [-0.1, -0.05) is 28.3 Å². The molecule has 0 saturated carbocycles. The van der Waals surface area contributed by atoms with Crippen molar-refractivity contribution in [1.29, 1.82) is 0 Å². The van der Waals surface area contributed by atoms with Gasteiger partial charge in [0.1, 0.15) is 0 Å². The lowest BCUT2D eigenvalue weighted by Crippen LogP contribution is -1.98. The smallest absolute Gasteiger partial charge is 0.186 e. The predicted octanol–water partition coefficient (Wildman–Crippen LogP) is 3.05. The maximum Gasteiger partial charge on any atom is 0.186 e. The van der Waals surface area contributed by atoms with Gasteiger partial charge >= 0.3 is 0 Å². The molecule has 0 bridgehead atoms. The fraction of sp³-hybridized carbons (Fsp3) is 0.154. The third-order valence-corrected chi connectivity index (χ3v) is 2.95. The molecule has 0 radical (unpaired) electrons. The quantitative estimate of drug-likeness (QED) is 0.615. The van der Waals surface area contributed by atoms with E-state index >= 15 is 0 Å². The van der Waals surface area contributed by atoms with Gasteiger partial charge < -0.3 is 0 Å². The van der Waals surface area contributed by atoms with Crippen LogP contribution in [0.15, 0.2) is 29.7 Å². The number of carbonyl (C=O) groups excluding carboxylic acids is 1. The van der Waals surface area contributed by atoms with E-state index in [1.54, 1.807) is 11.5 Å². The number of ketones is 1. The summed E-state index contributed by atoms with van der Waals surface area (Å²) >= 11 is 1.27. The molecular weight excluding hydrogens is 232 g/mol. The fourth-order valence-corrected chi connectivity index (χ4v) is 2.01. The molecule has 0 atom stereocenters. The molecule has 0 spiro atoms. The van der Waals surface area contributed by atoms with E-state index in [1.807, 2.05) is 32.0 Å². The zero-order chi connectivity index (χ0) is 12.3. The van der Waals surface area contributed by atoms with Gasteiger partial charge in [0.05, 0.1) is 5.69 Å². The molecule has 3 nitrogen and oxygen atoms in total. The first-order valence-electron chi connectivity index (χ1n) is 5.23. The minimum Gasteiger partial charge on any atom is -0.289 e. The Balaban J connectivity index is 2.20. The van der Waals surface area contributed by atoms with Crippen LogP contribution in [0.3, 0.4) is 0 Å². The summed E-state index contributed by atoms with van der Waals surface area (Å²) in [4.78, 5) is 11.9. The largest absolute Gasteiger partial charge is 0.289 e. The SMILES string of the molecule is Cc1ccc(C(=O)/C=C\c2csnn2)c(C)c1. The molecule has 86 valence electrons. The summed E-state index contributed by atoms with van der Waals surface area (Å²) in [6.07, 6.45) is 3.22. The zero-order valence-corrected chi connectivity index (χ0v) is 10.5. The van der Waals surface area contributed by atoms with Crippen molar-refractivity contribution in [2.24, 2.45) is 0 Å². The number of aromatic nitrogens is 2. The summed E-state index contributed by atoms with van der Waals surface area (Å²) in [6, 6.07) is 5.81. The number of nitrogens with zero attached hydrogens (tertiary/aromatic N) is 2. The van der Waals surface area contributed by atoms with Crippen molar-refractivity contribution in [3.63, 3.8) is 0 Å². The number of hydrogen-bond donors (Lipinski definition) is 0. The summed E-state index contributed by atoms with van der Waals surface area (Å²) in [5, 5.41) is 5.65. The van der Waals surface area contributed by atoms with E-state index in [4.69, 9.17) is 0 Å². The zero-order valence-electron chi connectivity index (χ0n) is 9.68. The first kappa shape index (κ1) is 11.7. The van der Waals surface area contributed by atoms with Gasteiger partial charge in [-0.3, -0.25) is 4.79 Å². The highest BCUT2D eigenvalue weighted by molar-refractivity contribution is 7.03. The predicted molar refractivity (Wildman–Crippen MR) is 69.2 cm³/mol. The lowest BCUT2D eigenvalue weighted by molar-refractivity contribution is 0.104. The monoisotopic (exact) mass is 244 g/mol. The van der Waals surface area contributed by atoms with E-state index in [1.165, 1.54) is 17.6 Å². The Morgan fingerprint density at radius 1 is 1.35 bits per heavy atom. The standard InChI is InChI=1S/C13H12N2OS/c1-9-3-5-12(10(2)7-9)13(16)6-4-11-8-17-15-14-11/h3-8H,1-2H3/b6-4-. The van der Waals surface area contributed by atoms with Gasteiger partial charge in [0.2, 0.25) is 0 Å². The molecule has 1 aromatic heterocycles. The lowest BCUT2D eigenvalue weighted by atomic mass is 10.0. The van der Waals surface area contributed by atoms with E-state index in [-0.39, 0.29) is 5.78 Å². The summed E-state index contributed by atoms with van der Waals surface area (Å²) in [6.45, 7) is 3.95. The summed E-state index contributed by atoms with van der Waals surface area (Å²) in [5.41, 5.74) is 3.60. The Morgan fingerprint density at radius 2 is 2.18 bits per heavy atom. The molecule has 0 amide bonds. The number of benzene rings is 1. The van der Waals surface area contributed by atoms with Crippen LogP contribution < -0.4 is 0 Å². The second-order valence-corrected chi connectivity index (χ2v) is 4.46. The fourth-order valence-electron chi connectivity index (χ4n) is 1.59. The van der Waals surface area contributed by atoms with Crippen LogP contribution in [0.5, 0.6) is 0 Å². The molecule has 0 aliphatic rings. The molecular formula is C13H12N2OS. The Hall–Kier alpha value is -1.81. The van der Waals surface area contributed by atoms with Crippen molar-refractivity contribution in [2.45, 2.75) is 13.8 Å². The lowest BCUT2D eigenvalue weighted by Gasteiger charge is -2.02. The van der Waals surface area contributed by atoms with Gasteiger partial charge in [-0.15, -0.1) is 5.10 Å². The van der Waals surface area contributed by atoms with Gasteiger partial charge in [-0.05, 0) is 43.1 Å². The molecule has 0 aliphatic heterocycles. The van der Waals surface area contributed by atoms with Gasteiger partial charge in [0.15, 0.2) is 5.78 Å². The number of allylic oxidation sites excluding steroid dienone is 1. The van der Waals surface area contributed by atoms with Crippen LogP contribution in [0.4, 0.5) is 0 Å². The highest BCUT2D eigenvalue weighted by Gasteiger charge is 2.05. The third kappa shape index (κ3) is 2.85. The Bertz CT molecular complexity index is 559. The maximum absolute atomic E-state index is 11.9. The molecule has 1 heterocycles. The normalized spacial score (nSPS) is 10.9. The Kier molecular flexibility index (Phi) is 3.44. The molecule has 4 heteroatoms. The van der Waals surface area contributed by atoms with E-state index in [2.05, 4.69) is 9.59 Å². The average Bonchev–Trinajstić information content (AvgIpc) is 2.78. The maximum atomic E-state index is 11.9. The molecule has 0 unspecified atom stereocenters. The minimum atomic E-state index is -0.00417. The van der Waals surface area contributed by atoms with Crippen LogP contribution in [0.2, 0.25) is 0 Å². The number of carbonyl (C=O) groups is 1. The number of hydrogen-bond acceptors (Lipinski definition) is 4. The summed E-state index contributed by atoms with van der Waals surface area (Å²) < 4.78 is 3.73. The Morgan fingerprint density at radius 3 is 2.82 bits per heavy atom. The van der Waals surface area contributed by atoms with Crippen LogP contribution in [0.1, 0.15) is 27.2 Å². The van der Waals surface area contributed by atoms with Gasteiger partial charge in [0.25, 0.3) is 0 Å². The molecule has 0 fully saturated rings. The Labute approximate surface area is 104 Å². The van der Waals surface area contributed by atoms with Crippen LogP contribution in [-0.2, 0) is 0 Å². The molecule has 2 rings (SSSR count). The van der Waals surface area contributed by atoms with Crippen LogP contribution in [-0.4, -0.2) is 15.4 Å². The van der Waals surface area contributed by atoms with Gasteiger partial charge in [-0.25, -0.2) is 0 Å². The number of rotatable bonds is 3. The van der Waals surface area contributed by atoms with E-state index in [0.717, 1.165) is 16.7 Å². The van der Waals surface area contributed by atoms with Crippen molar-refractivity contribution in [3.8, 4) is 0 Å². The van der Waals surface area contributed by atoms with E-state index < -0.39 is 0 Å². The highest BCUT2D eigenvalue weighted by atomic mass is 32.1. The van der Waals surface area contributed by atoms with Crippen LogP contribution >= 0.6 is 11.5 Å². The third-order valence-electron chi connectivity index (χ3n) is 2.43. The topological polar surface area (TPSA) is 42.9 Å². The number of aryl methyl sites for hydroxylation is 2. The van der Waals surface area contributed by atoms with Crippen molar-refractivity contribution in [1.82, 2.24) is 9.59 Å². The van der Waals surface area contributed by atoms with Crippen molar-refractivity contribution in [2.75, 3.05) is 0 Å². The van der Waals surface area contributed by atoms with Gasteiger partial charge in [0, 0.05) is 10.9 Å². The highest BCUT2D eigenvalue weighted by Crippen LogP contribution is 2.12. The van der Waals surface area contributed by atoms with Crippen molar-refractivity contribution < 1.29 is 4.79 Å². The molecule has 17 heavy (non-hydrogen) atoms. The average molecular weight is 244 g/mol. The van der Waals surface area contributed by atoms with Crippen molar-refractivity contribution >= 4 is 23.4 Å². The molecule has 2 aromatic rings. The molecule has 1 aromatic carbocycles. The summed E-state index contributed by atoms with van der Waals surface area (Å²) in [5.74, 6) is -0.00417. The first-order valence-corrected chi connectivity index (χ1v) is 6.07. The van der Waals surface area contributed by atoms with Gasteiger partial charge in [-0.2, -0.15) is 0 Å². The first-order chi connectivity index (χ1) is 8.16. The summed E-state index contributed by atoms with van der Waals surface area (Å²) in [7, 11) is 0. The molecule has 0 saturated heterocycles. The second-order valence-electron chi connectivity index (χ2n) is 3.85. The van der Waals surface area contributed by atoms with Crippen LogP contribution in [0, 0.1) is 13.8 Å². The van der Waals surface area contributed by atoms with E-state index in [0.29, 0.717) is 5.69 Å². The molecule has 0 N–H and O–H groups in total. The second kappa shape index (κ2) is 5.01. The minimum absolute atomic E-state index is 0.00417.